The van der Waals surface area contributed by atoms with Crippen molar-refractivity contribution in [3.63, 3.8) is 0 Å². The summed E-state index contributed by atoms with van der Waals surface area (Å²) in [6, 6.07) is 4.07. The smallest absolute Gasteiger partial charge is 0.225 e. The fourth-order valence-corrected chi connectivity index (χ4v) is 2.41. The van der Waals surface area contributed by atoms with Crippen molar-refractivity contribution < 1.29 is 8.78 Å². The first kappa shape index (κ1) is 13.9. The van der Waals surface area contributed by atoms with Gasteiger partial charge in [0, 0.05) is 6.04 Å². The first-order valence-electron chi connectivity index (χ1n) is 7.39. The SMILES string of the molecule is Fc1cccc(F)c1Nc1nc2nc(NC3CCC3)ncc2[nH]1. The number of rotatable bonds is 4. The molecule has 6 nitrogen and oxygen atoms in total. The average molecular weight is 316 g/mol. The van der Waals surface area contributed by atoms with Crippen molar-refractivity contribution in [1.82, 2.24) is 19.9 Å². The van der Waals surface area contributed by atoms with E-state index in [1.807, 2.05) is 0 Å². The van der Waals surface area contributed by atoms with Gasteiger partial charge in [-0.15, -0.1) is 0 Å². The topological polar surface area (TPSA) is 78.5 Å². The Bertz CT molecular complexity index is 838. The second-order valence-corrected chi connectivity index (χ2v) is 5.51. The van der Waals surface area contributed by atoms with Crippen LogP contribution in [0.1, 0.15) is 19.3 Å². The van der Waals surface area contributed by atoms with Crippen LogP contribution < -0.4 is 10.6 Å². The number of fused-ring (bicyclic) bond motifs is 1. The Labute approximate surface area is 130 Å². The first-order chi connectivity index (χ1) is 11.2. The molecule has 3 aromatic rings. The van der Waals surface area contributed by atoms with Crippen molar-refractivity contribution in [2.24, 2.45) is 0 Å². The fraction of sp³-hybridized carbons (Fsp3) is 0.267. The van der Waals surface area contributed by atoms with Gasteiger partial charge >= 0.3 is 0 Å². The minimum Gasteiger partial charge on any atom is -0.351 e. The van der Waals surface area contributed by atoms with Gasteiger partial charge < -0.3 is 15.6 Å². The first-order valence-corrected chi connectivity index (χ1v) is 7.39. The van der Waals surface area contributed by atoms with E-state index in [4.69, 9.17) is 0 Å². The highest BCUT2D eigenvalue weighted by Crippen LogP contribution is 2.24. The van der Waals surface area contributed by atoms with Crippen LogP contribution in [0.15, 0.2) is 24.4 Å². The number of imidazole rings is 1. The number of aromatic amines is 1. The molecule has 8 heteroatoms. The number of hydrogen-bond donors (Lipinski definition) is 3. The molecule has 0 unspecified atom stereocenters. The van der Waals surface area contributed by atoms with E-state index >= 15 is 0 Å². The Balaban J connectivity index is 1.60. The molecule has 118 valence electrons. The fourth-order valence-electron chi connectivity index (χ4n) is 2.41. The zero-order valence-electron chi connectivity index (χ0n) is 12.1. The summed E-state index contributed by atoms with van der Waals surface area (Å²) in [6.45, 7) is 0. The molecule has 1 aromatic carbocycles. The number of aromatic nitrogens is 4. The Morgan fingerprint density at radius 2 is 1.91 bits per heavy atom. The van der Waals surface area contributed by atoms with Gasteiger partial charge in [-0.1, -0.05) is 6.07 Å². The highest BCUT2D eigenvalue weighted by molar-refractivity contribution is 5.75. The molecule has 1 aliphatic rings. The number of nitrogens with one attached hydrogen (secondary N) is 3. The summed E-state index contributed by atoms with van der Waals surface area (Å²) in [5.74, 6) is -0.663. The average Bonchev–Trinajstić information content (AvgIpc) is 2.89. The van der Waals surface area contributed by atoms with Gasteiger partial charge in [0.2, 0.25) is 11.9 Å². The normalized spacial score (nSPS) is 14.7. The van der Waals surface area contributed by atoms with E-state index in [2.05, 4.69) is 30.6 Å². The molecule has 0 atom stereocenters. The van der Waals surface area contributed by atoms with Gasteiger partial charge in [0.15, 0.2) is 5.65 Å². The molecule has 3 N–H and O–H groups in total. The number of halogens is 2. The van der Waals surface area contributed by atoms with E-state index < -0.39 is 11.6 Å². The lowest BCUT2D eigenvalue weighted by Gasteiger charge is -2.26. The quantitative estimate of drug-likeness (QED) is 0.688. The van der Waals surface area contributed by atoms with Crippen LogP contribution in [0.5, 0.6) is 0 Å². The molecule has 1 aliphatic carbocycles. The lowest BCUT2D eigenvalue weighted by atomic mass is 9.93. The van der Waals surface area contributed by atoms with E-state index in [0.717, 1.165) is 12.8 Å². The van der Waals surface area contributed by atoms with Gasteiger partial charge in [-0.25, -0.2) is 13.8 Å². The van der Waals surface area contributed by atoms with Crippen molar-refractivity contribution in [3.8, 4) is 0 Å². The van der Waals surface area contributed by atoms with Gasteiger partial charge in [0.25, 0.3) is 0 Å². The molecule has 1 fully saturated rings. The largest absolute Gasteiger partial charge is 0.351 e. The van der Waals surface area contributed by atoms with Crippen molar-refractivity contribution in [3.05, 3.63) is 36.0 Å². The Kier molecular flexibility index (Phi) is 3.29. The summed E-state index contributed by atoms with van der Waals surface area (Å²) in [6.07, 6.45) is 5.03. The maximum atomic E-state index is 13.7. The summed E-state index contributed by atoms with van der Waals surface area (Å²) < 4.78 is 27.3. The minimum absolute atomic E-state index is 0.207. The minimum atomic E-state index is -0.691. The van der Waals surface area contributed by atoms with Gasteiger partial charge in [-0.3, -0.25) is 0 Å². The van der Waals surface area contributed by atoms with Crippen LogP contribution in [0.3, 0.4) is 0 Å². The molecule has 0 radical (unpaired) electrons. The van der Waals surface area contributed by atoms with Crippen LogP contribution in [-0.4, -0.2) is 26.0 Å². The molecule has 0 aliphatic heterocycles. The molecular formula is C15H14F2N6. The Morgan fingerprint density at radius 3 is 2.61 bits per heavy atom. The van der Waals surface area contributed by atoms with E-state index in [1.165, 1.54) is 24.6 Å². The molecule has 4 rings (SSSR count). The van der Waals surface area contributed by atoms with E-state index in [0.29, 0.717) is 23.2 Å². The van der Waals surface area contributed by atoms with E-state index in [-0.39, 0.29) is 11.6 Å². The van der Waals surface area contributed by atoms with Gasteiger partial charge in [-0.2, -0.15) is 9.97 Å². The number of nitrogens with zero attached hydrogens (tertiary/aromatic N) is 3. The van der Waals surface area contributed by atoms with Crippen molar-refractivity contribution in [2.45, 2.75) is 25.3 Å². The van der Waals surface area contributed by atoms with E-state index in [9.17, 15) is 8.78 Å². The number of anilines is 3. The monoisotopic (exact) mass is 316 g/mol. The number of H-pyrrole nitrogens is 1. The van der Waals surface area contributed by atoms with Crippen LogP contribution in [-0.2, 0) is 0 Å². The summed E-state index contributed by atoms with van der Waals surface area (Å²) in [5.41, 5.74) is 0.761. The Morgan fingerprint density at radius 1 is 1.13 bits per heavy atom. The second-order valence-electron chi connectivity index (χ2n) is 5.51. The third-order valence-corrected chi connectivity index (χ3v) is 3.88. The summed E-state index contributed by atoms with van der Waals surface area (Å²) >= 11 is 0. The molecule has 1 saturated carbocycles. The number of para-hydroxylation sites is 1. The summed E-state index contributed by atoms with van der Waals surface area (Å²) in [7, 11) is 0. The molecule has 23 heavy (non-hydrogen) atoms. The standard InChI is InChI=1S/C15H14F2N6/c16-9-5-2-6-10(17)12(9)21-15-20-11-7-18-14(22-13(11)23-15)19-8-3-1-4-8/h2,5-8H,1,3-4H2,(H3,18,19,20,21,22,23). The molecule has 0 amide bonds. The number of hydrogen-bond acceptors (Lipinski definition) is 5. The van der Waals surface area contributed by atoms with Crippen LogP contribution in [0.2, 0.25) is 0 Å². The van der Waals surface area contributed by atoms with Crippen molar-refractivity contribution in [2.75, 3.05) is 10.6 Å². The highest BCUT2D eigenvalue weighted by Gasteiger charge is 2.18. The number of benzene rings is 1. The lowest BCUT2D eigenvalue weighted by Crippen LogP contribution is -2.27. The van der Waals surface area contributed by atoms with Crippen LogP contribution in [0.25, 0.3) is 11.2 Å². The lowest BCUT2D eigenvalue weighted by molar-refractivity contribution is 0.443. The zero-order chi connectivity index (χ0) is 15.8. The molecule has 2 aromatic heterocycles. The van der Waals surface area contributed by atoms with Crippen LogP contribution in [0, 0.1) is 11.6 Å². The molecule has 0 saturated heterocycles. The third kappa shape index (κ3) is 2.67. The van der Waals surface area contributed by atoms with Crippen molar-refractivity contribution in [1.29, 1.82) is 0 Å². The molecular weight excluding hydrogens is 302 g/mol. The molecule has 0 bridgehead atoms. The highest BCUT2D eigenvalue weighted by atomic mass is 19.1. The maximum absolute atomic E-state index is 13.7. The van der Waals surface area contributed by atoms with Gasteiger partial charge in [0.1, 0.15) is 22.8 Å². The van der Waals surface area contributed by atoms with Crippen molar-refractivity contribution >= 4 is 28.7 Å². The summed E-state index contributed by atoms with van der Waals surface area (Å²) in [5, 5.41) is 5.84. The van der Waals surface area contributed by atoms with Gasteiger partial charge in [0.05, 0.1) is 6.20 Å². The summed E-state index contributed by atoms with van der Waals surface area (Å²) in [4.78, 5) is 15.6. The van der Waals surface area contributed by atoms with E-state index in [1.54, 1.807) is 6.20 Å². The zero-order valence-corrected chi connectivity index (χ0v) is 12.1. The Hall–Kier alpha value is -2.77. The predicted molar refractivity (Wildman–Crippen MR) is 82.6 cm³/mol. The van der Waals surface area contributed by atoms with Crippen LogP contribution >= 0.6 is 0 Å². The predicted octanol–water partition coefficient (Wildman–Crippen LogP) is 3.34. The second kappa shape index (κ2) is 5.45. The maximum Gasteiger partial charge on any atom is 0.225 e. The molecule has 2 heterocycles. The third-order valence-electron chi connectivity index (χ3n) is 3.88. The van der Waals surface area contributed by atoms with Gasteiger partial charge in [-0.05, 0) is 31.4 Å². The van der Waals surface area contributed by atoms with Crippen LogP contribution in [0.4, 0.5) is 26.4 Å². The molecule has 0 spiro atoms.